The first-order valence-electron chi connectivity index (χ1n) is 11.0. The van der Waals surface area contributed by atoms with E-state index in [-0.39, 0.29) is 17.3 Å². The van der Waals surface area contributed by atoms with E-state index in [0.29, 0.717) is 17.9 Å². The molecule has 0 bridgehead atoms. The molecule has 0 radical (unpaired) electrons. The SMILES string of the molecule is N#Cc1ccc(NC(=O)NCC2c3ccccc3-c3cncn32)cc1NC(=O)Nc1ccccc1. The van der Waals surface area contributed by atoms with E-state index < -0.39 is 12.1 Å². The number of nitrogens with zero attached hydrogens (tertiary/aromatic N) is 3. The molecule has 0 saturated heterocycles. The Morgan fingerprint density at radius 1 is 0.914 bits per heavy atom. The van der Waals surface area contributed by atoms with Crippen LogP contribution in [0.15, 0.2) is 85.3 Å². The standard InChI is InChI=1S/C26H21N7O2/c27-13-17-10-11-19(12-22(17)32-26(35)30-18-6-2-1-3-7-18)31-25(34)29-15-24-21-9-5-4-8-20(21)23-14-28-16-33(23)24/h1-12,14,16,24H,15H2,(H2,29,31,34)(H2,30,32,35). The molecule has 1 atom stereocenters. The van der Waals surface area contributed by atoms with Gasteiger partial charge in [-0.2, -0.15) is 5.26 Å². The van der Waals surface area contributed by atoms with Crippen molar-refractivity contribution in [2.45, 2.75) is 6.04 Å². The molecule has 0 aliphatic carbocycles. The molecule has 2 heterocycles. The lowest BCUT2D eigenvalue weighted by Gasteiger charge is -2.16. The number of nitrogens with one attached hydrogen (secondary N) is 4. The Balaban J connectivity index is 1.24. The first-order chi connectivity index (χ1) is 17.1. The first kappa shape index (κ1) is 21.7. The van der Waals surface area contributed by atoms with Gasteiger partial charge in [-0.25, -0.2) is 14.6 Å². The van der Waals surface area contributed by atoms with Gasteiger partial charge < -0.3 is 25.8 Å². The number of fused-ring (bicyclic) bond motifs is 3. The first-order valence-corrected chi connectivity index (χ1v) is 11.0. The number of para-hydroxylation sites is 1. The number of urea groups is 2. The van der Waals surface area contributed by atoms with Crippen LogP contribution in [0.2, 0.25) is 0 Å². The van der Waals surface area contributed by atoms with Crippen LogP contribution in [0, 0.1) is 11.3 Å². The van der Waals surface area contributed by atoms with Crippen molar-refractivity contribution in [2.24, 2.45) is 0 Å². The van der Waals surface area contributed by atoms with Crippen molar-refractivity contribution in [3.05, 3.63) is 96.4 Å². The van der Waals surface area contributed by atoms with Gasteiger partial charge in [0.1, 0.15) is 6.07 Å². The number of hydrogen-bond donors (Lipinski definition) is 4. The molecule has 1 aliphatic heterocycles. The lowest BCUT2D eigenvalue weighted by atomic mass is 10.0. The monoisotopic (exact) mass is 463 g/mol. The van der Waals surface area contributed by atoms with Gasteiger partial charge in [-0.15, -0.1) is 0 Å². The molecule has 4 amide bonds. The normalized spacial score (nSPS) is 13.2. The number of carbonyl (C=O) groups excluding carboxylic acids is 2. The molecule has 1 aromatic heterocycles. The maximum absolute atomic E-state index is 12.6. The minimum Gasteiger partial charge on any atom is -0.335 e. The van der Waals surface area contributed by atoms with Crippen molar-refractivity contribution in [3.8, 4) is 17.3 Å². The number of amides is 4. The zero-order valence-electron chi connectivity index (χ0n) is 18.5. The predicted octanol–water partition coefficient (Wildman–Crippen LogP) is 4.79. The van der Waals surface area contributed by atoms with E-state index in [1.807, 2.05) is 47.2 Å². The van der Waals surface area contributed by atoms with Crippen molar-refractivity contribution in [1.29, 1.82) is 5.26 Å². The van der Waals surface area contributed by atoms with Crippen LogP contribution in [0.25, 0.3) is 11.3 Å². The minimum absolute atomic E-state index is 0.0608. The summed E-state index contributed by atoms with van der Waals surface area (Å²) >= 11 is 0. The number of rotatable bonds is 5. The number of nitriles is 1. The number of carbonyl (C=O) groups is 2. The highest BCUT2D eigenvalue weighted by Crippen LogP contribution is 2.38. The molecule has 4 aromatic rings. The topological polar surface area (TPSA) is 124 Å². The van der Waals surface area contributed by atoms with Gasteiger partial charge in [0, 0.05) is 23.5 Å². The zero-order valence-corrected chi connectivity index (χ0v) is 18.5. The van der Waals surface area contributed by atoms with Crippen molar-refractivity contribution >= 4 is 29.1 Å². The molecule has 9 heteroatoms. The second-order valence-electron chi connectivity index (χ2n) is 7.94. The largest absolute Gasteiger partial charge is 0.335 e. The van der Waals surface area contributed by atoms with Crippen LogP contribution < -0.4 is 21.3 Å². The van der Waals surface area contributed by atoms with E-state index in [9.17, 15) is 14.9 Å². The van der Waals surface area contributed by atoms with Gasteiger partial charge in [0.25, 0.3) is 0 Å². The van der Waals surface area contributed by atoms with Crippen LogP contribution in [0.4, 0.5) is 26.7 Å². The average Bonchev–Trinajstić information content (AvgIpc) is 3.45. The Morgan fingerprint density at radius 2 is 1.69 bits per heavy atom. The fourth-order valence-corrected chi connectivity index (χ4v) is 4.13. The number of aromatic nitrogens is 2. The highest BCUT2D eigenvalue weighted by Gasteiger charge is 2.28. The van der Waals surface area contributed by atoms with E-state index in [1.165, 1.54) is 0 Å². The van der Waals surface area contributed by atoms with Gasteiger partial charge in [-0.1, -0.05) is 42.5 Å². The summed E-state index contributed by atoms with van der Waals surface area (Å²) < 4.78 is 2.04. The van der Waals surface area contributed by atoms with E-state index in [2.05, 4.69) is 26.3 Å². The third kappa shape index (κ3) is 4.54. The molecule has 5 rings (SSSR count). The van der Waals surface area contributed by atoms with Gasteiger partial charge in [-0.3, -0.25) is 0 Å². The molecule has 1 unspecified atom stereocenters. The summed E-state index contributed by atoms with van der Waals surface area (Å²) in [6.45, 7) is 0.368. The van der Waals surface area contributed by atoms with Crippen molar-refractivity contribution in [2.75, 3.05) is 22.5 Å². The third-order valence-corrected chi connectivity index (χ3v) is 5.73. The Morgan fingerprint density at radius 3 is 2.51 bits per heavy atom. The second kappa shape index (κ2) is 9.41. The van der Waals surface area contributed by atoms with Gasteiger partial charge in [0.15, 0.2) is 0 Å². The summed E-state index contributed by atoms with van der Waals surface area (Å²) in [5.41, 5.74) is 4.86. The average molecular weight is 464 g/mol. The summed E-state index contributed by atoms with van der Waals surface area (Å²) in [6.07, 6.45) is 3.58. The van der Waals surface area contributed by atoms with Gasteiger partial charge in [0.2, 0.25) is 0 Å². The third-order valence-electron chi connectivity index (χ3n) is 5.73. The van der Waals surface area contributed by atoms with Crippen molar-refractivity contribution in [3.63, 3.8) is 0 Å². The number of benzene rings is 3. The van der Waals surface area contributed by atoms with E-state index in [1.54, 1.807) is 48.8 Å². The van der Waals surface area contributed by atoms with Crippen LogP contribution in [0.1, 0.15) is 17.2 Å². The fourth-order valence-electron chi connectivity index (χ4n) is 4.13. The zero-order chi connectivity index (χ0) is 24.2. The fraction of sp³-hybridized carbons (Fsp3) is 0.0769. The molecular weight excluding hydrogens is 442 g/mol. The molecule has 1 aliphatic rings. The van der Waals surface area contributed by atoms with Gasteiger partial charge >= 0.3 is 12.1 Å². The van der Waals surface area contributed by atoms with E-state index in [0.717, 1.165) is 16.8 Å². The molecule has 172 valence electrons. The van der Waals surface area contributed by atoms with Crippen LogP contribution in [0.5, 0.6) is 0 Å². The lowest BCUT2D eigenvalue weighted by molar-refractivity contribution is 0.251. The Kier molecular flexibility index (Phi) is 5.84. The minimum atomic E-state index is -0.495. The summed E-state index contributed by atoms with van der Waals surface area (Å²) in [7, 11) is 0. The predicted molar refractivity (Wildman–Crippen MR) is 133 cm³/mol. The molecule has 35 heavy (non-hydrogen) atoms. The Labute approximate surface area is 201 Å². The molecular formula is C26H21N7O2. The molecule has 0 spiro atoms. The summed E-state index contributed by atoms with van der Waals surface area (Å²) in [4.78, 5) is 29.3. The Bertz CT molecular complexity index is 1440. The molecule has 4 N–H and O–H groups in total. The lowest BCUT2D eigenvalue weighted by Crippen LogP contribution is -2.33. The molecule has 0 fully saturated rings. The molecule has 9 nitrogen and oxygen atoms in total. The summed E-state index contributed by atoms with van der Waals surface area (Å²) in [5.74, 6) is 0. The number of hydrogen-bond acceptors (Lipinski definition) is 4. The van der Waals surface area contributed by atoms with Gasteiger partial charge in [-0.05, 0) is 35.9 Å². The van der Waals surface area contributed by atoms with Crippen LogP contribution >= 0.6 is 0 Å². The summed E-state index contributed by atoms with van der Waals surface area (Å²) in [5, 5.41) is 20.4. The molecule has 3 aromatic carbocycles. The highest BCUT2D eigenvalue weighted by molar-refractivity contribution is 6.01. The van der Waals surface area contributed by atoms with Crippen LogP contribution in [-0.4, -0.2) is 28.2 Å². The van der Waals surface area contributed by atoms with Crippen LogP contribution in [0.3, 0.4) is 0 Å². The van der Waals surface area contributed by atoms with E-state index in [4.69, 9.17) is 0 Å². The van der Waals surface area contributed by atoms with Crippen molar-refractivity contribution < 1.29 is 9.59 Å². The second-order valence-corrected chi connectivity index (χ2v) is 7.94. The quantitative estimate of drug-likeness (QED) is 0.340. The number of anilines is 3. The summed E-state index contributed by atoms with van der Waals surface area (Å²) in [6, 6.07) is 22.8. The van der Waals surface area contributed by atoms with E-state index >= 15 is 0 Å². The maximum atomic E-state index is 12.6. The Hall–Kier alpha value is -5.10. The van der Waals surface area contributed by atoms with Crippen molar-refractivity contribution in [1.82, 2.24) is 14.9 Å². The number of imidazole rings is 1. The maximum Gasteiger partial charge on any atom is 0.323 e. The molecule has 0 saturated carbocycles. The van der Waals surface area contributed by atoms with Crippen LogP contribution in [-0.2, 0) is 0 Å². The smallest absolute Gasteiger partial charge is 0.323 e. The highest BCUT2D eigenvalue weighted by atomic mass is 16.2. The van der Waals surface area contributed by atoms with Gasteiger partial charge in [0.05, 0.1) is 35.5 Å².